The number of nitrogens with one attached hydrogen (secondary N) is 2. The molecule has 0 spiro atoms. The smallest absolute Gasteiger partial charge is 0.493 e. The van der Waals surface area contributed by atoms with Crippen molar-refractivity contribution in [2.24, 2.45) is 0 Å². The summed E-state index contributed by atoms with van der Waals surface area (Å²) < 4.78 is 76.0. The number of hydrogen-bond donors (Lipinski definition) is 2. The molecule has 10 nitrogen and oxygen atoms in total. The average molecular weight is 511 g/mol. The van der Waals surface area contributed by atoms with E-state index in [2.05, 4.69) is 29.9 Å². The first-order valence-corrected chi connectivity index (χ1v) is 9.82. The molecule has 0 fully saturated rings. The summed E-state index contributed by atoms with van der Waals surface area (Å²) in [6.45, 7) is 1.80. The van der Waals surface area contributed by atoms with Gasteiger partial charge in [-0.2, -0.15) is 18.2 Å². The first-order valence-electron chi connectivity index (χ1n) is 9.82. The van der Waals surface area contributed by atoms with Gasteiger partial charge in [0.1, 0.15) is 11.3 Å². The van der Waals surface area contributed by atoms with Crippen molar-refractivity contribution in [2.75, 3.05) is 17.7 Å². The fraction of sp³-hybridized carbons (Fsp3) is 0.143. The van der Waals surface area contributed by atoms with Crippen LogP contribution >= 0.6 is 0 Å². The number of fused-ring (bicyclic) bond motifs is 1. The van der Waals surface area contributed by atoms with Gasteiger partial charge in [0.15, 0.2) is 23.0 Å². The van der Waals surface area contributed by atoms with E-state index >= 15 is 0 Å². The maximum Gasteiger partial charge on any atom is 0.493 e. The molecule has 0 radical (unpaired) electrons. The lowest BCUT2D eigenvalue weighted by Crippen LogP contribution is -2.36. The van der Waals surface area contributed by atoms with Gasteiger partial charge in [0.2, 0.25) is 5.95 Å². The Morgan fingerprint density at radius 3 is 2.50 bits per heavy atom. The van der Waals surface area contributed by atoms with E-state index in [0.717, 1.165) is 23.9 Å². The van der Waals surface area contributed by atoms with E-state index in [4.69, 9.17) is 4.74 Å². The van der Waals surface area contributed by atoms with Crippen LogP contribution in [-0.2, 0) is 4.79 Å². The number of hydrogen-bond acceptors (Lipinski definition) is 9. The van der Waals surface area contributed by atoms with Crippen molar-refractivity contribution in [3.05, 3.63) is 64.3 Å². The molecule has 4 aromatic rings. The van der Waals surface area contributed by atoms with E-state index < -0.39 is 46.5 Å². The highest BCUT2D eigenvalue weighted by Gasteiger charge is 2.42. The second-order valence-electron chi connectivity index (χ2n) is 7.17. The standard InChI is InChI=1S/C21H14F5N5O5/c1-9-5-10(3-4-15(9)34-2)29-19-27-8-13(23)17(30-19)28-11-6-12(22)16-14(7-11)31(20(33)35-16)36-18(32)21(24,25)26/h3-8H,1-2H3,(H2,27,28,29,30). The van der Waals surface area contributed by atoms with Gasteiger partial charge < -0.3 is 24.6 Å². The van der Waals surface area contributed by atoms with E-state index in [1.807, 2.05) is 0 Å². The van der Waals surface area contributed by atoms with Crippen LogP contribution in [-0.4, -0.2) is 34.0 Å². The molecule has 0 bridgehead atoms. The Kier molecular flexibility index (Phi) is 6.22. The molecule has 36 heavy (non-hydrogen) atoms. The van der Waals surface area contributed by atoms with Crippen molar-refractivity contribution in [3.8, 4) is 5.75 Å². The predicted octanol–water partition coefficient (Wildman–Crippen LogP) is 3.98. The Morgan fingerprint density at radius 1 is 1.08 bits per heavy atom. The van der Waals surface area contributed by atoms with E-state index in [-0.39, 0.29) is 16.4 Å². The van der Waals surface area contributed by atoms with Crippen LogP contribution in [0.2, 0.25) is 0 Å². The van der Waals surface area contributed by atoms with Gasteiger partial charge >= 0.3 is 17.9 Å². The molecule has 188 valence electrons. The quantitative estimate of drug-likeness (QED) is 0.370. The molecule has 0 aliphatic carbocycles. The Balaban J connectivity index is 1.65. The number of anilines is 4. The highest BCUT2D eigenvalue weighted by atomic mass is 19.4. The van der Waals surface area contributed by atoms with Crippen molar-refractivity contribution >= 4 is 40.2 Å². The fourth-order valence-electron chi connectivity index (χ4n) is 3.09. The Hall–Kier alpha value is -4.69. The first-order chi connectivity index (χ1) is 17.0. The van der Waals surface area contributed by atoms with Crippen LogP contribution in [0.3, 0.4) is 0 Å². The topological polar surface area (TPSA) is 121 Å². The van der Waals surface area contributed by atoms with Gasteiger partial charge in [0.05, 0.1) is 13.3 Å². The molecule has 0 aliphatic rings. The Labute approximate surface area is 197 Å². The van der Waals surface area contributed by atoms with Gasteiger partial charge in [0.25, 0.3) is 0 Å². The number of benzene rings is 2. The fourth-order valence-corrected chi connectivity index (χ4v) is 3.09. The zero-order chi connectivity index (χ0) is 26.2. The highest BCUT2D eigenvalue weighted by Crippen LogP contribution is 2.27. The van der Waals surface area contributed by atoms with E-state index in [1.165, 1.54) is 7.11 Å². The third-order valence-corrected chi connectivity index (χ3v) is 4.66. The summed E-state index contributed by atoms with van der Waals surface area (Å²) in [4.78, 5) is 34.7. The number of nitrogens with zero attached hydrogens (tertiary/aromatic N) is 3. The lowest BCUT2D eigenvalue weighted by atomic mass is 10.2. The van der Waals surface area contributed by atoms with Crippen LogP contribution in [0, 0.1) is 18.6 Å². The molecule has 2 aromatic heterocycles. The summed E-state index contributed by atoms with van der Waals surface area (Å²) in [5, 5.41) is 5.29. The van der Waals surface area contributed by atoms with Crippen molar-refractivity contribution < 1.29 is 40.7 Å². The summed E-state index contributed by atoms with van der Waals surface area (Å²) >= 11 is 0. The zero-order valence-corrected chi connectivity index (χ0v) is 18.2. The SMILES string of the molecule is COc1ccc(Nc2ncc(F)c(Nc3cc(F)c4oc(=O)n(OC(=O)C(F)(F)F)c4c3)n2)cc1C. The third-order valence-electron chi connectivity index (χ3n) is 4.66. The highest BCUT2D eigenvalue weighted by molar-refractivity contribution is 5.81. The minimum absolute atomic E-state index is 0.0515. The van der Waals surface area contributed by atoms with Gasteiger partial charge in [-0.05, 0) is 36.8 Å². The van der Waals surface area contributed by atoms with Gasteiger partial charge in [-0.1, -0.05) is 4.73 Å². The number of carbonyl (C=O) groups is 1. The molecular formula is C21H14F5N5O5. The van der Waals surface area contributed by atoms with Gasteiger partial charge in [-0.25, -0.2) is 23.4 Å². The first kappa shape index (κ1) is 24.4. The van der Waals surface area contributed by atoms with Crippen molar-refractivity contribution in [1.82, 2.24) is 14.7 Å². The third kappa shape index (κ3) is 4.89. The van der Waals surface area contributed by atoms with Crippen molar-refractivity contribution in [1.29, 1.82) is 0 Å². The summed E-state index contributed by atoms with van der Waals surface area (Å²) in [6, 6.07) is 6.74. The number of aromatic nitrogens is 3. The molecule has 0 unspecified atom stereocenters. The number of halogens is 5. The average Bonchev–Trinajstić information content (AvgIpc) is 3.11. The molecule has 2 aromatic carbocycles. The van der Waals surface area contributed by atoms with Gasteiger partial charge in [0, 0.05) is 17.4 Å². The normalized spacial score (nSPS) is 11.4. The number of alkyl halides is 3. The van der Waals surface area contributed by atoms with Crippen LogP contribution in [0.4, 0.5) is 45.1 Å². The molecule has 2 heterocycles. The summed E-state index contributed by atoms with van der Waals surface area (Å²) in [5.41, 5.74) is -0.375. The van der Waals surface area contributed by atoms with E-state index in [0.29, 0.717) is 11.4 Å². The minimum atomic E-state index is -5.44. The molecule has 4 rings (SSSR count). The number of aryl methyl sites for hydroxylation is 1. The largest absolute Gasteiger partial charge is 0.496 e. The second-order valence-corrected chi connectivity index (χ2v) is 7.17. The number of methoxy groups -OCH3 is 1. The van der Waals surface area contributed by atoms with E-state index in [9.17, 15) is 31.5 Å². The molecule has 0 amide bonds. The van der Waals surface area contributed by atoms with Crippen LogP contribution in [0.1, 0.15) is 5.56 Å². The van der Waals surface area contributed by atoms with Gasteiger partial charge in [-0.15, -0.1) is 0 Å². The number of carbonyl (C=O) groups excluding carboxylic acids is 1. The molecular weight excluding hydrogens is 497 g/mol. The predicted molar refractivity (Wildman–Crippen MR) is 114 cm³/mol. The molecule has 0 aliphatic heterocycles. The monoisotopic (exact) mass is 511 g/mol. The minimum Gasteiger partial charge on any atom is -0.496 e. The lowest BCUT2D eigenvalue weighted by molar-refractivity contribution is -0.200. The number of rotatable bonds is 6. The lowest BCUT2D eigenvalue weighted by Gasteiger charge is -2.11. The molecule has 15 heteroatoms. The van der Waals surface area contributed by atoms with E-state index in [1.54, 1.807) is 25.1 Å². The Morgan fingerprint density at radius 2 is 1.83 bits per heavy atom. The summed E-state index contributed by atoms with van der Waals surface area (Å²) in [6.07, 6.45) is -4.62. The van der Waals surface area contributed by atoms with Gasteiger partial charge in [-0.3, -0.25) is 0 Å². The molecule has 0 saturated carbocycles. The zero-order valence-electron chi connectivity index (χ0n) is 18.2. The summed E-state index contributed by atoms with van der Waals surface area (Å²) in [5.74, 6) is -6.36. The van der Waals surface area contributed by atoms with Crippen molar-refractivity contribution in [2.45, 2.75) is 13.1 Å². The van der Waals surface area contributed by atoms with Crippen LogP contribution in [0.25, 0.3) is 11.1 Å². The maximum absolute atomic E-state index is 14.5. The van der Waals surface area contributed by atoms with Crippen LogP contribution in [0.15, 0.2) is 45.7 Å². The molecule has 0 saturated heterocycles. The van der Waals surface area contributed by atoms with Crippen molar-refractivity contribution in [3.63, 3.8) is 0 Å². The van der Waals surface area contributed by atoms with Crippen LogP contribution < -0.4 is 26.0 Å². The maximum atomic E-state index is 14.5. The second kappa shape index (κ2) is 9.16. The van der Waals surface area contributed by atoms with Crippen LogP contribution in [0.5, 0.6) is 5.75 Å². The molecule has 2 N–H and O–H groups in total. The Bertz CT molecular complexity index is 1530. The number of oxazole rings is 1. The number of ether oxygens (including phenoxy) is 1. The summed E-state index contributed by atoms with van der Waals surface area (Å²) in [7, 11) is 1.51. The molecule has 0 atom stereocenters.